The van der Waals surface area contributed by atoms with Crippen LogP contribution in [0.15, 0.2) is 24.5 Å². The second-order valence-electron chi connectivity index (χ2n) is 9.59. The van der Waals surface area contributed by atoms with E-state index in [1.54, 1.807) is 6.20 Å². The number of piperidine rings is 1. The van der Waals surface area contributed by atoms with Crippen LogP contribution in [0.5, 0.6) is 0 Å². The molecule has 33 heavy (non-hydrogen) atoms. The SMILES string of the molecule is Cc1cc2cnc(Nc3cnn(C4CC4)c3Cl)nc2cc1C1CCN(C2COCC2O)CC1. The van der Waals surface area contributed by atoms with Crippen LogP contribution in [0.1, 0.15) is 48.8 Å². The molecule has 0 radical (unpaired) electrons. The van der Waals surface area contributed by atoms with Crippen molar-refractivity contribution in [2.45, 2.75) is 56.7 Å². The predicted molar refractivity (Wildman–Crippen MR) is 127 cm³/mol. The molecule has 0 spiro atoms. The first-order chi connectivity index (χ1) is 16.1. The number of fused-ring (bicyclic) bond motifs is 1. The zero-order valence-corrected chi connectivity index (χ0v) is 19.5. The average molecular weight is 469 g/mol. The largest absolute Gasteiger partial charge is 0.389 e. The molecule has 0 amide bonds. The molecule has 3 fully saturated rings. The van der Waals surface area contributed by atoms with Gasteiger partial charge in [-0.3, -0.25) is 4.90 Å². The van der Waals surface area contributed by atoms with Crippen molar-refractivity contribution in [1.82, 2.24) is 24.6 Å². The fourth-order valence-electron chi connectivity index (χ4n) is 5.26. The van der Waals surface area contributed by atoms with Crippen molar-refractivity contribution in [2.24, 2.45) is 0 Å². The van der Waals surface area contributed by atoms with Gasteiger partial charge in [0.25, 0.3) is 0 Å². The van der Waals surface area contributed by atoms with Gasteiger partial charge in [-0.1, -0.05) is 11.6 Å². The number of nitrogens with one attached hydrogen (secondary N) is 1. The lowest BCUT2D eigenvalue weighted by molar-refractivity contribution is 0.0663. The number of benzene rings is 1. The van der Waals surface area contributed by atoms with Crippen molar-refractivity contribution in [2.75, 3.05) is 31.6 Å². The Morgan fingerprint density at radius 2 is 1.94 bits per heavy atom. The van der Waals surface area contributed by atoms with Crippen LogP contribution < -0.4 is 5.32 Å². The highest BCUT2D eigenvalue weighted by atomic mass is 35.5. The predicted octanol–water partition coefficient (Wildman–Crippen LogP) is 3.81. The number of nitrogens with zero attached hydrogens (tertiary/aromatic N) is 5. The van der Waals surface area contributed by atoms with Crippen molar-refractivity contribution in [3.63, 3.8) is 0 Å². The summed E-state index contributed by atoms with van der Waals surface area (Å²) in [7, 11) is 0. The number of aliphatic hydroxyl groups excluding tert-OH is 1. The third-order valence-electron chi connectivity index (χ3n) is 7.30. The van der Waals surface area contributed by atoms with Crippen molar-refractivity contribution < 1.29 is 9.84 Å². The highest BCUT2D eigenvalue weighted by Crippen LogP contribution is 2.39. The Bertz CT molecular complexity index is 1170. The van der Waals surface area contributed by atoms with Gasteiger partial charge in [0.15, 0.2) is 5.15 Å². The van der Waals surface area contributed by atoms with Crippen molar-refractivity contribution >= 4 is 34.1 Å². The first-order valence-corrected chi connectivity index (χ1v) is 12.2. The van der Waals surface area contributed by atoms with Crippen LogP contribution in [0.2, 0.25) is 5.15 Å². The van der Waals surface area contributed by atoms with Gasteiger partial charge < -0.3 is 15.2 Å². The molecule has 3 aliphatic rings. The molecule has 1 saturated carbocycles. The lowest BCUT2D eigenvalue weighted by Gasteiger charge is -2.37. The van der Waals surface area contributed by atoms with Crippen LogP contribution in [0.25, 0.3) is 10.9 Å². The minimum Gasteiger partial charge on any atom is -0.389 e. The molecule has 6 rings (SSSR count). The standard InChI is InChI=1S/C24H29ClN6O2/c1-14-8-16-10-26-24(29-20-11-27-31(23(20)25)17-2-3-17)28-19(16)9-18(14)15-4-6-30(7-5-15)21-12-33-13-22(21)32/h8-11,15,17,21-22,32H,2-7,12-13H2,1H3,(H,26,28,29). The van der Waals surface area contributed by atoms with Gasteiger partial charge in [0, 0.05) is 11.6 Å². The van der Waals surface area contributed by atoms with Gasteiger partial charge in [0.1, 0.15) is 0 Å². The molecule has 2 unspecified atom stereocenters. The van der Waals surface area contributed by atoms with Gasteiger partial charge in [-0.05, 0) is 74.9 Å². The summed E-state index contributed by atoms with van der Waals surface area (Å²) in [6.45, 7) is 5.22. The molecule has 9 heteroatoms. The zero-order valence-electron chi connectivity index (χ0n) is 18.7. The van der Waals surface area contributed by atoms with E-state index in [-0.39, 0.29) is 12.1 Å². The second kappa shape index (κ2) is 8.51. The van der Waals surface area contributed by atoms with Crippen LogP contribution in [0.3, 0.4) is 0 Å². The Balaban J connectivity index is 1.20. The maximum Gasteiger partial charge on any atom is 0.227 e. The molecule has 2 aliphatic heterocycles. The maximum atomic E-state index is 10.2. The van der Waals surface area contributed by atoms with Gasteiger partial charge >= 0.3 is 0 Å². The summed E-state index contributed by atoms with van der Waals surface area (Å²) in [5.74, 6) is 1.02. The summed E-state index contributed by atoms with van der Waals surface area (Å²) in [6, 6.07) is 4.97. The van der Waals surface area contributed by atoms with Gasteiger partial charge in [-0.2, -0.15) is 5.10 Å². The highest BCUT2D eigenvalue weighted by molar-refractivity contribution is 6.32. The van der Waals surface area contributed by atoms with E-state index < -0.39 is 0 Å². The Labute approximate surface area is 197 Å². The second-order valence-corrected chi connectivity index (χ2v) is 9.95. The Morgan fingerprint density at radius 1 is 1.12 bits per heavy atom. The quantitative estimate of drug-likeness (QED) is 0.588. The lowest BCUT2D eigenvalue weighted by atomic mass is 9.85. The number of halogens is 1. The number of aliphatic hydroxyl groups is 1. The minimum atomic E-state index is -0.364. The molecule has 2 saturated heterocycles. The number of hydrogen-bond donors (Lipinski definition) is 2. The van der Waals surface area contributed by atoms with E-state index in [0.29, 0.717) is 36.3 Å². The molecule has 1 aromatic carbocycles. The Hall–Kier alpha value is -2.26. The van der Waals surface area contributed by atoms with Crippen LogP contribution >= 0.6 is 11.6 Å². The van der Waals surface area contributed by atoms with E-state index in [4.69, 9.17) is 21.3 Å². The summed E-state index contributed by atoms with van der Waals surface area (Å²) in [5.41, 5.74) is 4.31. The van der Waals surface area contributed by atoms with Gasteiger partial charge in [-0.15, -0.1) is 0 Å². The molecule has 1 aliphatic carbocycles. The summed E-state index contributed by atoms with van der Waals surface area (Å²) >= 11 is 6.50. The zero-order chi connectivity index (χ0) is 22.5. The fourth-order valence-corrected chi connectivity index (χ4v) is 5.53. The number of aromatic nitrogens is 4. The molecular weight excluding hydrogens is 440 g/mol. The summed E-state index contributed by atoms with van der Waals surface area (Å²) < 4.78 is 7.32. The molecule has 2 atom stereocenters. The maximum absolute atomic E-state index is 10.2. The molecule has 3 aromatic rings. The summed E-state index contributed by atoms with van der Waals surface area (Å²) in [5, 5.41) is 19.5. The normalized spacial score (nSPS) is 24.6. The molecule has 2 aromatic heterocycles. The van der Waals surface area contributed by atoms with E-state index in [1.165, 1.54) is 11.1 Å². The van der Waals surface area contributed by atoms with Crippen LogP contribution in [-0.4, -0.2) is 68.2 Å². The lowest BCUT2D eigenvalue weighted by Crippen LogP contribution is -2.46. The van der Waals surface area contributed by atoms with Gasteiger partial charge in [-0.25, -0.2) is 14.6 Å². The number of ether oxygens (including phenoxy) is 1. The van der Waals surface area contributed by atoms with Crippen LogP contribution in [-0.2, 0) is 4.74 Å². The first kappa shape index (κ1) is 21.3. The number of aryl methyl sites for hydroxylation is 1. The van der Waals surface area contributed by atoms with E-state index in [0.717, 1.165) is 55.4 Å². The molecule has 174 valence electrons. The highest BCUT2D eigenvalue weighted by Gasteiger charge is 2.34. The number of likely N-dealkylation sites (tertiary alicyclic amines) is 1. The van der Waals surface area contributed by atoms with Crippen molar-refractivity contribution in [3.8, 4) is 0 Å². The van der Waals surface area contributed by atoms with E-state index in [1.807, 2.05) is 10.9 Å². The van der Waals surface area contributed by atoms with Crippen molar-refractivity contribution in [1.29, 1.82) is 0 Å². The molecule has 0 bridgehead atoms. The van der Waals surface area contributed by atoms with Gasteiger partial charge in [0.2, 0.25) is 5.95 Å². The van der Waals surface area contributed by atoms with Crippen LogP contribution in [0.4, 0.5) is 11.6 Å². The summed E-state index contributed by atoms with van der Waals surface area (Å²) in [6.07, 6.45) is 7.65. The Morgan fingerprint density at radius 3 is 2.67 bits per heavy atom. The molecular formula is C24H29ClN6O2. The molecule has 2 N–H and O–H groups in total. The van der Waals surface area contributed by atoms with Crippen LogP contribution in [0, 0.1) is 6.92 Å². The van der Waals surface area contributed by atoms with Crippen molar-refractivity contribution in [3.05, 3.63) is 40.8 Å². The minimum absolute atomic E-state index is 0.140. The van der Waals surface area contributed by atoms with Gasteiger partial charge in [0.05, 0.1) is 48.8 Å². The fraction of sp³-hybridized carbons (Fsp3) is 0.542. The van der Waals surface area contributed by atoms with E-state index in [2.05, 4.69) is 39.4 Å². The third-order valence-corrected chi connectivity index (χ3v) is 7.68. The van der Waals surface area contributed by atoms with E-state index in [9.17, 15) is 5.11 Å². The molecule has 8 nitrogen and oxygen atoms in total. The Kier molecular flexibility index (Phi) is 5.49. The average Bonchev–Trinajstić information content (AvgIpc) is 3.47. The molecule has 4 heterocycles. The number of anilines is 2. The smallest absolute Gasteiger partial charge is 0.227 e. The first-order valence-electron chi connectivity index (χ1n) is 11.8. The summed E-state index contributed by atoms with van der Waals surface area (Å²) in [4.78, 5) is 11.7. The monoisotopic (exact) mass is 468 g/mol. The van der Waals surface area contributed by atoms with E-state index >= 15 is 0 Å². The third kappa shape index (κ3) is 4.10. The number of hydrogen-bond acceptors (Lipinski definition) is 7. The topological polar surface area (TPSA) is 88.3 Å². The number of rotatable bonds is 5.